The molecule has 7 heteroatoms. The van der Waals surface area contributed by atoms with E-state index in [2.05, 4.69) is 15.1 Å². The van der Waals surface area contributed by atoms with Gasteiger partial charge in [-0.1, -0.05) is 0 Å². The van der Waals surface area contributed by atoms with Crippen molar-refractivity contribution in [3.05, 3.63) is 55.0 Å². The fraction of sp³-hybridized carbons (Fsp3) is 0. The van der Waals surface area contributed by atoms with Gasteiger partial charge in [0.1, 0.15) is 30.0 Å². The quantitative estimate of drug-likeness (QED) is 0.738. The highest BCUT2D eigenvalue weighted by Gasteiger charge is 2.05. The molecular weight excluding hydrogens is 261 g/mol. The molecule has 0 saturated heterocycles. The maximum atomic E-state index is 13.3. The van der Waals surface area contributed by atoms with Crippen LogP contribution in [-0.4, -0.2) is 19.7 Å². The average molecular weight is 271 g/mol. The lowest BCUT2D eigenvalue weighted by Crippen LogP contribution is -1.98. The molecule has 3 rings (SSSR count). The Morgan fingerprint density at radius 3 is 2.75 bits per heavy atom. The highest BCUT2D eigenvalue weighted by Crippen LogP contribution is 2.24. The second kappa shape index (κ2) is 4.96. The summed E-state index contributed by atoms with van der Waals surface area (Å²) in [5.41, 5.74) is 5.49. The summed E-state index contributed by atoms with van der Waals surface area (Å²) >= 11 is 0. The lowest BCUT2D eigenvalue weighted by molar-refractivity contribution is 0.476. The zero-order valence-corrected chi connectivity index (χ0v) is 10.3. The van der Waals surface area contributed by atoms with E-state index in [0.717, 1.165) is 0 Å². The van der Waals surface area contributed by atoms with E-state index >= 15 is 0 Å². The molecule has 0 saturated carbocycles. The number of ether oxygens (including phenoxy) is 1. The number of hydrogen-bond acceptors (Lipinski definition) is 5. The third-order valence-electron chi connectivity index (χ3n) is 2.58. The van der Waals surface area contributed by atoms with Crippen LogP contribution >= 0.6 is 0 Å². The molecule has 2 aromatic heterocycles. The summed E-state index contributed by atoms with van der Waals surface area (Å²) in [5, 5.41) is 3.97. The zero-order valence-electron chi connectivity index (χ0n) is 10.3. The Labute approximate surface area is 113 Å². The number of halogens is 1. The van der Waals surface area contributed by atoms with Gasteiger partial charge in [0.25, 0.3) is 0 Å². The maximum Gasteiger partial charge on any atom is 0.158 e. The van der Waals surface area contributed by atoms with Gasteiger partial charge in [-0.05, 0) is 18.2 Å². The molecule has 0 aliphatic carbocycles. The first-order valence-corrected chi connectivity index (χ1v) is 5.76. The molecule has 6 nitrogen and oxygen atoms in total. The molecular formula is C13H10FN5O. The molecule has 1 aromatic carbocycles. The van der Waals surface area contributed by atoms with Gasteiger partial charge in [0.05, 0.1) is 5.69 Å². The number of anilines is 1. The van der Waals surface area contributed by atoms with Gasteiger partial charge < -0.3 is 10.5 Å². The van der Waals surface area contributed by atoms with Gasteiger partial charge >= 0.3 is 0 Å². The number of pyridine rings is 1. The smallest absolute Gasteiger partial charge is 0.158 e. The lowest BCUT2D eigenvalue weighted by Gasteiger charge is -2.07. The van der Waals surface area contributed by atoms with E-state index in [9.17, 15) is 4.39 Å². The minimum atomic E-state index is -0.520. The molecule has 0 radical (unpaired) electrons. The van der Waals surface area contributed by atoms with E-state index in [0.29, 0.717) is 17.3 Å². The molecule has 100 valence electrons. The normalized spacial score (nSPS) is 10.4. The van der Waals surface area contributed by atoms with Crippen molar-refractivity contribution < 1.29 is 9.13 Å². The van der Waals surface area contributed by atoms with Gasteiger partial charge in [-0.15, -0.1) is 0 Å². The first-order valence-electron chi connectivity index (χ1n) is 5.76. The molecule has 2 N–H and O–H groups in total. The van der Waals surface area contributed by atoms with Crippen molar-refractivity contribution in [1.82, 2.24) is 19.7 Å². The van der Waals surface area contributed by atoms with Crippen LogP contribution in [0.25, 0.3) is 5.82 Å². The number of rotatable bonds is 3. The Morgan fingerprint density at radius 1 is 1.15 bits per heavy atom. The van der Waals surface area contributed by atoms with Crippen LogP contribution in [0.4, 0.5) is 10.1 Å². The molecule has 3 aromatic rings. The van der Waals surface area contributed by atoms with Crippen LogP contribution in [0.5, 0.6) is 11.5 Å². The number of aromatic nitrogens is 4. The van der Waals surface area contributed by atoms with Gasteiger partial charge in [0.15, 0.2) is 5.82 Å². The van der Waals surface area contributed by atoms with Gasteiger partial charge in [-0.2, -0.15) is 5.10 Å². The highest BCUT2D eigenvalue weighted by molar-refractivity contribution is 5.45. The number of nitrogens with zero attached hydrogens (tertiary/aromatic N) is 4. The van der Waals surface area contributed by atoms with Gasteiger partial charge in [0.2, 0.25) is 0 Å². The Kier molecular flexibility index (Phi) is 3.00. The molecule has 0 aliphatic heterocycles. The van der Waals surface area contributed by atoms with Crippen LogP contribution in [-0.2, 0) is 0 Å². The monoisotopic (exact) mass is 271 g/mol. The standard InChI is InChI=1S/C13H10FN5O/c14-11-5-9(1-2-12(11)15)20-10-3-4-17-13(6-10)19-8-16-7-18-19/h1-8H,15H2. The minimum Gasteiger partial charge on any atom is -0.457 e. The second-order valence-electron chi connectivity index (χ2n) is 3.98. The maximum absolute atomic E-state index is 13.3. The number of nitrogen functional groups attached to an aromatic ring is 1. The molecule has 0 fully saturated rings. The molecule has 0 aliphatic rings. The van der Waals surface area contributed by atoms with E-state index in [1.165, 1.54) is 29.5 Å². The van der Waals surface area contributed by atoms with Crippen LogP contribution in [0, 0.1) is 5.82 Å². The Bertz CT molecular complexity index is 729. The van der Waals surface area contributed by atoms with Crippen LogP contribution in [0.3, 0.4) is 0 Å². The third kappa shape index (κ3) is 2.41. The molecule has 20 heavy (non-hydrogen) atoms. The molecule has 0 unspecified atom stereocenters. The van der Waals surface area contributed by atoms with Gasteiger partial charge in [-0.25, -0.2) is 19.0 Å². The summed E-state index contributed by atoms with van der Waals surface area (Å²) in [6, 6.07) is 7.60. The summed E-state index contributed by atoms with van der Waals surface area (Å²) in [6.45, 7) is 0. The molecule has 2 heterocycles. The van der Waals surface area contributed by atoms with E-state index < -0.39 is 5.82 Å². The van der Waals surface area contributed by atoms with E-state index in [1.807, 2.05) is 0 Å². The predicted molar refractivity (Wildman–Crippen MR) is 70.0 cm³/mol. The van der Waals surface area contributed by atoms with Crippen molar-refractivity contribution >= 4 is 5.69 Å². The van der Waals surface area contributed by atoms with Gasteiger partial charge in [-0.3, -0.25) is 0 Å². The van der Waals surface area contributed by atoms with Crippen LogP contribution in [0.15, 0.2) is 49.2 Å². The summed E-state index contributed by atoms with van der Waals surface area (Å²) < 4.78 is 20.4. The van der Waals surface area contributed by atoms with E-state index in [-0.39, 0.29) is 5.69 Å². The van der Waals surface area contributed by atoms with Crippen LogP contribution in [0.1, 0.15) is 0 Å². The third-order valence-corrected chi connectivity index (χ3v) is 2.58. The van der Waals surface area contributed by atoms with Crippen LogP contribution in [0.2, 0.25) is 0 Å². The molecule has 0 atom stereocenters. The van der Waals surface area contributed by atoms with Crippen molar-refractivity contribution in [1.29, 1.82) is 0 Å². The summed E-state index contributed by atoms with van der Waals surface area (Å²) in [6.07, 6.45) is 4.50. The highest BCUT2D eigenvalue weighted by atomic mass is 19.1. The van der Waals surface area contributed by atoms with Crippen molar-refractivity contribution in [2.75, 3.05) is 5.73 Å². The van der Waals surface area contributed by atoms with E-state index in [1.54, 1.807) is 24.4 Å². The SMILES string of the molecule is Nc1ccc(Oc2ccnc(-n3cncn3)c2)cc1F. The van der Waals surface area contributed by atoms with Crippen molar-refractivity contribution in [2.45, 2.75) is 0 Å². The van der Waals surface area contributed by atoms with Crippen LogP contribution < -0.4 is 10.5 Å². The van der Waals surface area contributed by atoms with E-state index in [4.69, 9.17) is 10.5 Å². The molecule has 0 bridgehead atoms. The fourth-order valence-corrected chi connectivity index (χ4v) is 1.62. The molecule has 0 amide bonds. The fourth-order valence-electron chi connectivity index (χ4n) is 1.62. The Morgan fingerprint density at radius 2 is 2.00 bits per heavy atom. The predicted octanol–water partition coefficient (Wildman–Crippen LogP) is 2.18. The average Bonchev–Trinajstić information content (AvgIpc) is 2.97. The number of hydrogen-bond donors (Lipinski definition) is 1. The first-order chi connectivity index (χ1) is 9.72. The summed E-state index contributed by atoms with van der Waals surface area (Å²) in [4.78, 5) is 7.98. The Balaban J connectivity index is 1.87. The summed E-state index contributed by atoms with van der Waals surface area (Å²) in [5.74, 6) is 0.895. The lowest BCUT2D eigenvalue weighted by atomic mass is 10.3. The Hall–Kier alpha value is -2.96. The second-order valence-corrected chi connectivity index (χ2v) is 3.98. The first kappa shape index (κ1) is 12.1. The molecule has 0 spiro atoms. The number of nitrogens with two attached hydrogens (primary N) is 1. The zero-order chi connectivity index (χ0) is 13.9. The van der Waals surface area contributed by atoms with Crippen molar-refractivity contribution in [2.24, 2.45) is 0 Å². The van der Waals surface area contributed by atoms with Gasteiger partial charge in [0, 0.05) is 18.3 Å². The number of benzene rings is 1. The topological polar surface area (TPSA) is 78.9 Å². The van der Waals surface area contributed by atoms with Crippen molar-refractivity contribution in [3.63, 3.8) is 0 Å². The largest absolute Gasteiger partial charge is 0.457 e. The summed E-state index contributed by atoms with van der Waals surface area (Å²) in [7, 11) is 0. The van der Waals surface area contributed by atoms with Crippen molar-refractivity contribution in [3.8, 4) is 17.3 Å². The minimum absolute atomic E-state index is 0.0791.